The number of benzene rings is 2. The lowest BCUT2D eigenvalue weighted by atomic mass is 9.98. The first-order valence-corrected chi connectivity index (χ1v) is 8.08. The van der Waals surface area contributed by atoms with Gasteiger partial charge in [0.15, 0.2) is 0 Å². The number of nitrogens with zero attached hydrogens (tertiary/aromatic N) is 3. The summed E-state index contributed by atoms with van der Waals surface area (Å²) in [6.07, 6.45) is 3.14. The third kappa shape index (κ3) is 2.63. The Balaban J connectivity index is 2.17. The van der Waals surface area contributed by atoms with Crippen molar-refractivity contribution in [2.24, 2.45) is 0 Å². The van der Waals surface area contributed by atoms with Gasteiger partial charge in [-0.05, 0) is 18.6 Å². The molecular weight excluding hydrogens is 363 g/mol. The summed E-state index contributed by atoms with van der Waals surface area (Å²) >= 11 is 6.28. The van der Waals surface area contributed by atoms with Gasteiger partial charge in [-0.25, -0.2) is 18.2 Å². The highest BCUT2D eigenvalue weighted by Gasteiger charge is 2.24. The van der Waals surface area contributed by atoms with Crippen molar-refractivity contribution in [3.63, 3.8) is 0 Å². The van der Waals surface area contributed by atoms with Crippen LogP contribution in [0.2, 0.25) is 5.15 Å². The van der Waals surface area contributed by atoms with E-state index in [1.54, 1.807) is 16.7 Å². The zero-order chi connectivity index (χ0) is 18.4. The Kier molecular flexibility index (Phi) is 3.92. The maximum Gasteiger partial charge on any atom is 0.235 e. The molecule has 0 spiro atoms. The molecule has 3 nitrogen and oxygen atoms in total. The molecule has 4 aromatic rings. The van der Waals surface area contributed by atoms with Gasteiger partial charge in [0.05, 0.1) is 11.3 Å². The van der Waals surface area contributed by atoms with Crippen LogP contribution < -0.4 is 0 Å². The van der Waals surface area contributed by atoms with Gasteiger partial charge in [0.25, 0.3) is 0 Å². The number of aromatic nitrogens is 3. The van der Waals surface area contributed by atoms with Gasteiger partial charge in [-0.2, -0.15) is 4.98 Å². The molecular formula is C19H11ClF3N3. The number of fused-ring (bicyclic) bond motifs is 1. The van der Waals surface area contributed by atoms with Crippen LogP contribution in [0.15, 0.2) is 48.8 Å². The van der Waals surface area contributed by atoms with E-state index in [4.69, 9.17) is 11.6 Å². The normalized spacial score (nSPS) is 11.3. The van der Waals surface area contributed by atoms with Crippen LogP contribution in [0.5, 0.6) is 0 Å². The van der Waals surface area contributed by atoms with E-state index in [2.05, 4.69) is 9.97 Å². The van der Waals surface area contributed by atoms with Crippen molar-refractivity contribution in [3.05, 3.63) is 77.0 Å². The smallest absolute Gasteiger partial charge is 0.235 e. The van der Waals surface area contributed by atoms with Crippen LogP contribution in [-0.2, 0) is 0 Å². The summed E-state index contributed by atoms with van der Waals surface area (Å²) < 4.78 is 43.9. The monoisotopic (exact) mass is 373 g/mol. The van der Waals surface area contributed by atoms with E-state index in [1.165, 1.54) is 6.20 Å². The Morgan fingerprint density at radius 2 is 1.73 bits per heavy atom. The summed E-state index contributed by atoms with van der Waals surface area (Å²) in [5.41, 5.74) is 1.66. The largest absolute Gasteiger partial charge is 0.283 e. The van der Waals surface area contributed by atoms with Crippen LogP contribution in [0.4, 0.5) is 13.2 Å². The molecule has 0 saturated heterocycles. The Labute approximate surface area is 151 Å². The van der Waals surface area contributed by atoms with Crippen LogP contribution in [0.25, 0.3) is 28.2 Å². The average Bonchev–Trinajstić information content (AvgIpc) is 3.01. The second-order valence-corrected chi connectivity index (χ2v) is 6.20. The molecule has 0 amide bonds. The molecule has 2 aromatic heterocycles. The number of imidazole rings is 1. The van der Waals surface area contributed by atoms with Crippen molar-refractivity contribution in [3.8, 4) is 22.4 Å². The van der Waals surface area contributed by atoms with Gasteiger partial charge in [-0.3, -0.25) is 4.40 Å². The molecule has 26 heavy (non-hydrogen) atoms. The number of halogens is 4. The van der Waals surface area contributed by atoms with Gasteiger partial charge < -0.3 is 0 Å². The van der Waals surface area contributed by atoms with Gasteiger partial charge in [-0.1, -0.05) is 35.4 Å². The molecule has 130 valence electrons. The van der Waals surface area contributed by atoms with Crippen LogP contribution in [-0.4, -0.2) is 14.4 Å². The zero-order valence-corrected chi connectivity index (χ0v) is 14.2. The standard InChI is InChI=1S/C19H11ClF3N3/c1-10-3-2-4-11(7-10)17-16(15-13(22)8-12(21)9-14(15)23)18(20)25-19-24-5-6-26(17)19/h2-9H,1H3. The van der Waals surface area contributed by atoms with Crippen molar-refractivity contribution in [2.75, 3.05) is 0 Å². The summed E-state index contributed by atoms with van der Waals surface area (Å²) in [6, 6.07) is 8.60. The predicted molar refractivity (Wildman–Crippen MR) is 93.5 cm³/mol. The predicted octanol–water partition coefficient (Wildman–Crippen LogP) is 5.44. The van der Waals surface area contributed by atoms with Crippen molar-refractivity contribution in [2.45, 2.75) is 6.92 Å². The third-order valence-corrected chi connectivity index (χ3v) is 4.33. The highest BCUT2D eigenvalue weighted by atomic mass is 35.5. The molecule has 0 aliphatic rings. The molecule has 0 bridgehead atoms. The highest BCUT2D eigenvalue weighted by Crippen LogP contribution is 2.40. The van der Waals surface area contributed by atoms with Gasteiger partial charge in [0, 0.05) is 30.1 Å². The van der Waals surface area contributed by atoms with Crippen LogP contribution in [0, 0.1) is 24.4 Å². The van der Waals surface area contributed by atoms with E-state index < -0.39 is 23.0 Å². The lowest BCUT2D eigenvalue weighted by molar-refractivity contribution is 0.548. The van der Waals surface area contributed by atoms with Crippen LogP contribution in [0.3, 0.4) is 0 Å². The first kappa shape index (κ1) is 16.6. The van der Waals surface area contributed by atoms with Gasteiger partial charge in [-0.15, -0.1) is 0 Å². The van der Waals surface area contributed by atoms with Crippen molar-refractivity contribution in [1.82, 2.24) is 14.4 Å². The molecule has 2 heterocycles. The Morgan fingerprint density at radius 3 is 2.42 bits per heavy atom. The van der Waals surface area contributed by atoms with Crippen molar-refractivity contribution >= 4 is 17.4 Å². The Morgan fingerprint density at radius 1 is 1.00 bits per heavy atom. The number of aryl methyl sites for hydroxylation is 1. The minimum atomic E-state index is -1.06. The summed E-state index contributed by atoms with van der Waals surface area (Å²) in [5, 5.41) is -0.121. The van der Waals surface area contributed by atoms with Crippen LogP contribution in [0.1, 0.15) is 5.56 Å². The van der Waals surface area contributed by atoms with E-state index in [1.807, 2.05) is 25.1 Å². The molecule has 0 unspecified atom stereocenters. The minimum Gasteiger partial charge on any atom is -0.283 e. The van der Waals surface area contributed by atoms with E-state index in [9.17, 15) is 13.2 Å². The fraction of sp³-hybridized carbons (Fsp3) is 0.0526. The fourth-order valence-corrected chi connectivity index (χ4v) is 3.25. The molecule has 7 heteroatoms. The molecule has 0 N–H and O–H groups in total. The molecule has 0 radical (unpaired) electrons. The molecule has 0 saturated carbocycles. The second-order valence-electron chi connectivity index (χ2n) is 5.84. The third-order valence-electron chi connectivity index (χ3n) is 4.05. The van der Waals surface area contributed by atoms with Gasteiger partial charge >= 0.3 is 0 Å². The second kappa shape index (κ2) is 6.14. The summed E-state index contributed by atoms with van der Waals surface area (Å²) in [5.74, 6) is -2.83. The van der Waals surface area contributed by atoms with E-state index in [-0.39, 0.29) is 16.5 Å². The Hall–Kier alpha value is -2.86. The topological polar surface area (TPSA) is 30.2 Å². The average molecular weight is 374 g/mol. The fourth-order valence-electron chi connectivity index (χ4n) is 2.99. The minimum absolute atomic E-state index is 0.0396. The molecule has 0 aliphatic carbocycles. The molecule has 0 aliphatic heterocycles. The maximum atomic E-state index is 14.5. The number of hydrogen-bond acceptors (Lipinski definition) is 2. The first-order valence-electron chi connectivity index (χ1n) is 7.70. The molecule has 0 fully saturated rings. The molecule has 0 atom stereocenters. The van der Waals surface area contributed by atoms with E-state index >= 15 is 0 Å². The first-order chi connectivity index (χ1) is 12.5. The lowest BCUT2D eigenvalue weighted by Crippen LogP contribution is -2.03. The Bertz CT molecular complexity index is 1130. The molecule has 4 rings (SSSR count). The number of hydrogen-bond donors (Lipinski definition) is 0. The van der Waals surface area contributed by atoms with Crippen molar-refractivity contribution in [1.29, 1.82) is 0 Å². The van der Waals surface area contributed by atoms with E-state index in [0.717, 1.165) is 5.56 Å². The quantitative estimate of drug-likeness (QED) is 0.438. The maximum absolute atomic E-state index is 14.5. The van der Waals surface area contributed by atoms with Crippen LogP contribution >= 0.6 is 11.6 Å². The summed E-state index contributed by atoms with van der Waals surface area (Å²) in [7, 11) is 0. The van der Waals surface area contributed by atoms with Gasteiger partial charge in [0.2, 0.25) is 5.78 Å². The van der Waals surface area contributed by atoms with Gasteiger partial charge in [0.1, 0.15) is 22.6 Å². The zero-order valence-electron chi connectivity index (χ0n) is 13.5. The molecule has 2 aromatic carbocycles. The summed E-state index contributed by atoms with van der Waals surface area (Å²) in [4.78, 5) is 8.22. The van der Waals surface area contributed by atoms with E-state index in [0.29, 0.717) is 23.4 Å². The number of rotatable bonds is 2. The lowest BCUT2D eigenvalue weighted by Gasteiger charge is -2.16. The summed E-state index contributed by atoms with van der Waals surface area (Å²) in [6.45, 7) is 1.90. The van der Waals surface area contributed by atoms with Crippen molar-refractivity contribution < 1.29 is 13.2 Å². The highest BCUT2D eigenvalue weighted by molar-refractivity contribution is 6.33. The SMILES string of the molecule is Cc1cccc(-c2c(-c3c(F)cc(F)cc3F)c(Cl)nc3nccn23)c1.